The zero-order chi connectivity index (χ0) is 24.4. The smallest absolute Gasteiger partial charge is 0.247 e. The lowest BCUT2D eigenvalue weighted by Gasteiger charge is -2.49. The van der Waals surface area contributed by atoms with Crippen molar-refractivity contribution < 1.29 is 4.79 Å². The number of para-hydroxylation sites is 1. The third-order valence-corrected chi connectivity index (χ3v) is 8.85. The minimum absolute atomic E-state index is 0.0272. The van der Waals surface area contributed by atoms with Gasteiger partial charge < -0.3 is 10.2 Å². The Morgan fingerprint density at radius 2 is 1.39 bits per heavy atom. The Kier molecular flexibility index (Phi) is 6.54. The SMILES string of the molecule is O=C1NC(Cc2ccccc2)N(c2ccccc2)C12CCN(C1CCCCC1c1ccccc1)CC2. The Hall–Kier alpha value is -3.11. The maximum atomic E-state index is 13.7. The van der Waals surface area contributed by atoms with Gasteiger partial charge in [0.15, 0.2) is 0 Å². The molecule has 3 unspecified atom stereocenters. The van der Waals surface area contributed by atoms with Crippen molar-refractivity contribution in [1.82, 2.24) is 10.2 Å². The summed E-state index contributed by atoms with van der Waals surface area (Å²) in [5.74, 6) is 0.803. The maximum absolute atomic E-state index is 13.7. The van der Waals surface area contributed by atoms with Crippen molar-refractivity contribution in [1.29, 1.82) is 0 Å². The number of amides is 1. The second kappa shape index (κ2) is 10.1. The fraction of sp³-hybridized carbons (Fsp3) is 0.406. The summed E-state index contributed by atoms with van der Waals surface area (Å²) in [6.07, 6.45) is 7.69. The highest BCUT2D eigenvalue weighted by Crippen LogP contribution is 2.43. The molecule has 1 saturated carbocycles. The molecule has 3 aromatic rings. The number of nitrogens with zero attached hydrogens (tertiary/aromatic N) is 2. The molecular formula is C32H37N3O. The molecule has 3 fully saturated rings. The number of anilines is 1. The summed E-state index contributed by atoms with van der Waals surface area (Å²) in [4.78, 5) is 18.9. The van der Waals surface area contributed by atoms with Gasteiger partial charge in [-0.2, -0.15) is 0 Å². The van der Waals surface area contributed by atoms with Gasteiger partial charge in [-0.25, -0.2) is 0 Å². The number of hydrogen-bond donors (Lipinski definition) is 1. The van der Waals surface area contributed by atoms with Crippen LogP contribution in [0.4, 0.5) is 5.69 Å². The molecule has 1 N–H and O–H groups in total. The molecule has 0 aromatic heterocycles. The molecule has 0 radical (unpaired) electrons. The molecule has 36 heavy (non-hydrogen) atoms. The van der Waals surface area contributed by atoms with Gasteiger partial charge in [0, 0.05) is 31.2 Å². The minimum Gasteiger partial charge on any atom is -0.336 e. The number of carbonyl (C=O) groups is 1. The first-order chi connectivity index (χ1) is 17.7. The zero-order valence-electron chi connectivity index (χ0n) is 21.1. The van der Waals surface area contributed by atoms with Crippen LogP contribution in [0.2, 0.25) is 0 Å². The van der Waals surface area contributed by atoms with Crippen LogP contribution in [0.15, 0.2) is 91.0 Å². The molecule has 1 amide bonds. The molecule has 2 saturated heterocycles. The summed E-state index contributed by atoms with van der Waals surface area (Å²) >= 11 is 0. The van der Waals surface area contributed by atoms with Crippen molar-refractivity contribution in [3.05, 3.63) is 102 Å². The predicted molar refractivity (Wildman–Crippen MR) is 146 cm³/mol. The molecule has 3 atom stereocenters. The molecule has 4 heteroatoms. The van der Waals surface area contributed by atoms with Crippen molar-refractivity contribution in [3.63, 3.8) is 0 Å². The Labute approximate surface area is 215 Å². The Morgan fingerprint density at radius 3 is 2.08 bits per heavy atom. The summed E-state index contributed by atoms with van der Waals surface area (Å²) in [7, 11) is 0. The van der Waals surface area contributed by atoms with E-state index in [2.05, 4.69) is 106 Å². The van der Waals surface area contributed by atoms with Crippen LogP contribution in [0.5, 0.6) is 0 Å². The van der Waals surface area contributed by atoms with Crippen molar-refractivity contribution in [2.45, 2.75) is 68.6 Å². The lowest BCUT2D eigenvalue weighted by molar-refractivity contribution is -0.125. The average Bonchev–Trinajstić information content (AvgIpc) is 3.20. The van der Waals surface area contributed by atoms with E-state index in [0.29, 0.717) is 12.0 Å². The lowest BCUT2D eigenvalue weighted by atomic mass is 9.77. The maximum Gasteiger partial charge on any atom is 0.247 e. The summed E-state index contributed by atoms with van der Waals surface area (Å²) in [5, 5.41) is 3.41. The number of nitrogens with one attached hydrogen (secondary N) is 1. The molecule has 3 aliphatic rings. The van der Waals surface area contributed by atoms with E-state index in [1.165, 1.54) is 36.8 Å². The van der Waals surface area contributed by atoms with Gasteiger partial charge in [0.2, 0.25) is 5.91 Å². The quantitative estimate of drug-likeness (QED) is 0.506. The largest absolute Gasteiger partial charge is 0.336 e. The van der Waals surface area contributed by atoms with Crippen LogP contribution in [-0.4, -0.2) is 41.6 Å². The van der Waals surface area contributed by atoms with E-state index >= 15 is 0 Å². The first-order valence-electron chi connectivity index (χ1n) is 13.7. The number of hydrogen-bond acceptors (Lipinski definition) is 3. The molecule has 0 bridgehead atoms. The van der Waals surface area contributed by atoms with Gasteiger partial charge in [-0.15, -0.1) is 0 Å². The van der Waals surface area contributed by atoms with E-state index in [0.717, 1.165) is 38.0 Å². The lowest BCUT2D eigenvalue weighted by Crippen LogP contribution is -2.59. The molecular weight excluding hydrogens is 442 g/mol. The van der Waals surface area contributed by atoms with Gasteiger partial charge in [-0.1, -0.05) is 91.7 Å². The predicted octanol–water partition coefficient (Wildman–Crippen LogP) is 5.75. The number of rotatable bonds is 5. The molecule has 1 spiro atoms. The fourth-order valence-corrected chi connectivity index (χ4v) is 7.08. The monoisotopic (exact) mass is 479 g/mol. The van der Waals surface area contributed by atoms with E-state index in [-0.39, 0.29) is 12.1 Å². The van der Waals surface area contributed by atoms with E-state index in [1.807, 2.05) is 0 Å². The van der Waals surface area contributed by atoms with Crippen molar-refractivity contribution in [2.75, 3.05) is 18.0 Å². The average molecular weight is 480 g/mol. The summed E-state index contributed by atoms with van der Waals surface area (Å²) in [6.45, 7) is 1.95. The van der Waals surface area contributed by atoms with Gasteiger partial charge in [0.1, 0.15) is 11.7 Å². The number of likely N-dealkylation sites (tertiary alicyclic amines) is 1. The van der Waals surface area contributed by atoms with Gasteiger partial charge in [-0.3, -0.25) is 9.69 Å². The second-order valence-corrected chi connectivity index (χ2v) is 10.8. The number of benzene rings is 3. The zero-order valence-corrected chi connectivity index (χ0v) is 21.1. The van der Waals surface area contributed by atoms with Gasteiger partial charge in [0.05, 0.1) is 0 Å². The molecule has 4 nitrogen and oxygen atoms in total. The van der Waals surface area contributed by atoms with Crippen LogP contribution in [0.3, 0.4) is 0 Å². The van der Waals surface area contributed by atoms with Crippen LogP contribution in [0.1, 0.15) is 55.6 Å². The molecule has 186 valence electrons. The minimum atomic E-state index is -0.478. The normalized spacial score (nSPS) is 26.2. The topological polar surface area (TPSA) is 35.6 Å². The second-order valence-electron chi connectivity index (χ2n) is 10.8. The van der Waals surface area contributed by atoms with E-state index in [4.69, 9.17) is 0 Å². The van der Waals surface area contributed by atoms with Crippen molar-refractivity contribution in [3.8, 4) is 0 Å². The molecule has 2 heterocycles. The summed E-state index contributed by atoms with van der Waals surface area (Å²) in [5.41, 5.74) is 3.40. The summed E-state index contributed by atoms with van der Waals surface area (Å²) in [6, 6.07) is 32.8. The van der Waals surface area contributed by atoms with Crippen LogP contribution < -0.4 is 10.2 Å². The Morgan fingerprint density at radius 1 is 0.778 bits per heavy atom. The molecule has 6 rings (SSSR count). The Balaban J connectivity index is 1.25. The third kappa shape index (κ3) is 4.32. The summed E-state index contributed by atoms with van der Waals surface area (Å²) < 4.78 is 0. The van der Waals surface area contributed by atoms with Crippen LogP contribution in [-0.2, 0) is 11.2 Å². The number of carbonyl (C=O) groups excluding carboxylic acids is 1. The first-order valence-corrected chi connectivity index (χ1v) is 13.7. The van der Waals surface area contributed by atoms with Crippen molar-refractivity contribution in [2.24, 2.45) is 0 Å². The highest BCUT2D eigenvalue weighted by molar-refractivity contribution is 5.94. The molecule has 1 aliphatic carbocycles. The molecule has 2 aliphatic heterocycles. The van der Waals surface area contributed by atoms with E-state index < -0.39 is 5.54 Å². The third-order valence-electron chi connectivity index (χ3n) is 8.85. The van der Waals surface area contributed by atoms with Crippen LogP contribution >= 0.6 is 0 Å². The first kappa shape index (κ1) is 23.3. The standard InChI is InChI=1S/C32H37N3O/c36-31-32(35(27-16-8-3-9-17-27)30(33-31)24-25-12-4-1-5-13-25)20-22-34(23-21-32)29-19-11-10-18-28(29)26-14-6-2-7-15-26/h1-9,12-17,28-30H,10-11,18-24H2,(H,33,36). The Bertz CT molecular complexity index is 1140. The fourth-order valence-electron chi connectivity index (χ4n) is 7.08. The van der Waals surface area contributed by atoms with Crippen LogP contribution in [0.25, 0.3) is 0 Å². The highest BCUT2D eigenvalue weighted by Gasteiger charge is 2.54. The van der Waals surface area contributed by atoms with E-state index in [1.54, 1.807) is 0 Å². The van der Waals surface area contributed by atoms with Gasteiger partial charge in [-0.05, 0) is 54.9 Å². The van der Waals surface area contributed by atoms with Crippen molar-refractivity contribution >= 4 is 11.6 Å². The van der Waals surface area contributed by atoms with E-state index in [9.17, 15) is 4.79 Å². The highest BCUT2D eigenvalue weighted by atomic mass is 16.2. The van der Waals surface area contributed by atoms with Crippen LogP contribution in [0, 0.1) is 0 Å². The number of piperidine rings is 1. The molecule has 3 aromatic carbocycles. The van der Waals surface area contributed by atoms with Gasteiger partial charge in [0.25, 0.3) is 0 Å². The van der Waals surface area contributed by atoms with Gasteiger partial charge >= 0.3 is 0 Å².